The fourth-order valence-corrected chi connectivity index (χ4v) is 5.33. The smallest absolute Gasteiger partial charge is 0.333 e. The maximum Gasteiger partial charge on any atom is 0.333 e. The number of anilines is 1. The van der Waals surface area contributed by atoms with Crippen LogP contribution < -0.4 is 15.9 Å². The second kappa shape index (κ2) is 10.4. The van der Waals surface area contributed by atoms with E-state index in [0.29, 0.717) is 28.7 Å². The second-order valence-corrected chi connectivity index (χ2v) is 10.4. The standard InChI is InChI=1S/C28H31ClN6O2/c1-18-23(14-20(29)16-31-18)27(36)32-21-10-8-19(9-11-21)17-34-24-6-4-5-7-25(24)35(28(34)37)22-12-13-30-26(15-22)33(2)3/h4-7,12-16,19,21H,8-11,17H2,1-3H3,(H,32,36). The van der Waals surface area contributed by atoms with Gasteiger partial charge in [0.25, 0.3) is 5.91 Å². The molecule has 1 saturated carbocycles. The summed E-state index contributed by atoms with van der Waals surface area (Å²) in [4.78, 5) is 37.0. The van der Waals surface area contributed by atoms with Crippen molar-refractivity contribution < 1.29 is 4.79 Å². The summed E-state index contributed by atoms with van der Waals surface area (Å²) < 4.78 is 3.67. The van der Waals surface area contributed by atoms with Crippen molar-refractivity contribution in [2.75, 3.05) is 19.0 Å². The van der Waals surface area contributed by atoms with E-state index in [1.165, 1.54) is 0 Å². The first-order valence-electron chi connectivity index (χ1n) is 12.6. The zero-order chi connectivity index (χ0) is 26.1. The van der Waals surface area contributed by atoms with Gasteiger partial charge in [0.1, 0.15) is 5.82 Å². The van der Waals surface area contributed by atoms with Gasteiger partial charge in [-0.3, -0.25) is 18.9 Å². The topological polar surface area (TPSA) is 85.0 Å². The molecule has 0 radical (unpaired) electrons. The molecule has 3 aromatic heterocycles. The molecule has 9 heteroatoms. The molecule has 1 aliphatic carbocycles. The highest BCUT2D eigenvalue weighted by Gasteiger charge is 2.25. The Balaban J connectivity index is 1.32. The van der Waals surface area contributed by atoms with E-state index >= 15 is 0 Å². The van der Waals surface area contributed by atoms with Gasteiger partial charge in [0.2, 0.25) is 0 Å². The molecular formula is C28H31ClN6O2. The van der Waals surface area contributed by atoms with Gasteiger partial charge in [-0.25, -0.2) is 9.78 Å². The molecule has 0 spiro atoms. The number of para-hydroxylation sites is 2. The zero-order valence-corrected chi connectivity index (χ0v) is 22.1. The average molecular weight is 519 g/mol. The van der Waals surface area contributed by atoms with E-state index in [0.717, 1.165) is 48.2 Å². The third kappa shape index (κ3) is 5.11. The lowest BCUT2D eigenvalue weighted by Crippen LogP contribution is -2.39. The monoisotopic (exact) mass is 518 g/mol. The molecule has 8 nitrogen and oxygen atoms in total. The summed E-state index contributed by atoms with van der Waals surface area (Å²) in [5, 5.41) is 3.60. The number of amides is 1. The maximum atomic E-state index is 13.7. The van der Waals surface area contributed by atoms with Crippen molar-refractivity contribution in [3.8, 4) is 5.69 Å². The summed E-state index contributed by atoms with van der Waals surface area (Å²) in [6.07, 6.45) is 6.89. The van der Waals surface area contributed by atoms with Crippen LogP contribution in [0.1, 0.15) is 41.7 Å². The van der Waals surface area contributed by atoms with Crippen LogP contribution in [0.4, 0.5) is 5.82 Å². The zero-order valence-electron chi connectivity index (χ0n) is 21.3. The largest absolute Gasteiger partial charge is 0.363 e. The molecule has 1 fully saturated rings. The molecule has 1 aliphatic rings. The number of aromatic nitrogens is 4. The lowest BCUT2D eigenvalue weighted by molar-refractivity contribution is 0.0919. The van der Waals surface area contributed by atoms with Gasteiger partial charge in [0.15, 0.2) is 0 Å². The minimum atomic E-state index is -0.135. The van der Waals surface area contributed by atoms with Crippen molar-refractivity contribution >= 4 is 34.4 Å². The van der Waals surface area contributed by atoms with E-state index in [4.69, 9.17) is 11.6 Å². The van der Waals surface area contributed by atoms with Crippen LogP contribution in [0.15, 0.2) is 59.7 Å². The Morgan fingerprint density at radius 2 is 1.81 bits per heavy atom. The number of hydrogen-bond acceptors (Lipinski definition) is 5. The van der Waals surface area contributed by atoms with Crippen molar-refractivity contribution in [1.29, 1.82) is 0 Å². The molecule has 4 aromatic rings. The Kier molecular flexibility index (Phi) is 7.02. The van der Waals surface area contributed by atoms with Gasteiger partial charge in [-0.15, -0.1) is 0 Å². The van der Waals surface area contributed by atoms with Crippen LogP contribution in [0, 0.1) is 12.8 Å². The number of rotatable bonds is 6. The van der Waals surface area contributed by atoms with Gasteiger partial charge >= 0.3 is 5.69 Å². The number of imidazole rings is 1. The summed E-state index contributed by atoms with van der Waals surface area (Å²) in [5.41, 5.74) is 3.75. The lowest BCUT2D eigenvalue weighted by Gasteiger charge is -2.29. The van der Waals surface area contributed by atoms with E-state index in [-0.39, 0.29) is 17.6 Å². The summed E-state index contributed by atoms with van der Waals surface area (Å²) in [7, 11) is 3.87. The molecule has 0 saturated heterocycles. The van der Waals surface area contributed by atoms with Crippen LogP contribution in [0.5, 0.6) is 0 Å². The number of pyridine rings is 2. The Hall–Kier alpha value is -3.65. The Morgan fingerprint density at radius 3 is 2.54 bits per heavy atom. The van der Waals surface area contributed by atoms with Crippen LogP contribution in [0.2, 0.25) is 5.02 Å². The highest BCUT2D eigenvalue weighted by Crippen LogP contribution is 2.28. The molecule has 37 heavy (non-hydrogen) atoms. The quantitative estimate of drug-likeness (QED) is 0.403. The molecule has 0 aliphatic heterocycles. The fourth-order valence-electron chi connectivity index (χ4n) is 5.17. The molecule has 1 aromatic carbocycles. The van der Waals surface area contributed by atoms with Crippen LogP contribution in [-0.4, -0.2) is 45.1 Å². The first kappa shape index (κ1) is 25.0. The number of halogens is 1. The van der Waals surface area contributed by atoms with E-state index in [2.05, 4.69) is 15.3 Å². The molecule has 1 N–H and O–H groups in total. The number of fused-ring (bicyclic) bond motifs is 1. The second-order valence-electron chi connectivity index (χ2n) is 9.96. The molecule has 192 valence electrons. The van der Waals surface area contributed by atoms with Gasteiger partial charge in [-0.05, 0) is 62.8 Å². The minimum Gasteiger partial charge on any atom is -0.363 e. The number of nitrogens with one attached hydrogen (secondary N) is 1. The third-order valence-electron chi connectivity index (χ3n) is 7.20. The highest BCUT2D eigenvalue weighted by atomic mass is 35.5. The molecule has 0 bridgehead atoms. The van der Waals surface area contributed by atoms with Gasteiger partial charge in [-0.1, -0.05) is 23.7 Å². The van der Waals surface area contributed by atoms with E-state index < -0.39 is 0 Å². The minimum absolute atomic E-state index is 0.0449. The van der Waals surface area contributed by atoms with Gasteiger partial charge in [0, 0.05) is 45.1 Å². The Labute approximate surface area is 220 Å². The fraction of sp³-hybridized carbons (Fsp3) is 0.357. The SMILES string of the molecule is Cc1ncc(Cl)cc1C(=O)NC1CCC(Cn2c(=O)n(-c3ccnc(N(C)C)c3)c3ccccc32)CC1. The number of aryl methyl sites for hydroxylation is 1. The van der Waals surface area contributed by atoms with E-state index in [9.17, 15) is 9.59 Å². The van der Waals surface area contributed by atoms with Crippen molar-refractivity contribution in [2.24, 2.45) is 5.92 Å². The third-order valence-corrected chi connectivity index (χ3v) is 7.41. The molecule has 3 heterocycles. The van der Waals surface area contributed by atoms with E-state index in [1.54, 1.807) is 23.0 Å². The molecule has 0 atom stereocenters. The normalized spacial score (nSPS) is 17.6. The van der Waals surface area contributed by atoms with Gasteiger partial charge < -0.3 is 10.2 Å². The number of carbonyl (C=O) groups is 1. The molecule has 0 unspecified atom stereocenters. The van der Waals surface area contributed by atoms with Crippen LogP contribution in [0.3, 0.4) is 0 Å². The Morgan fingerprint density at radius 1 is 1.08 bits per heavy atom. The molecule has 1 amide bonds. The average Bonchev–Trinajstić information content (AvgIpc) is 3.17. The lowest BCUT2D eigenvalue weighted by atomic mass is 9.85. The summed E-state index contributed by atoms with van der Waals surface area (Å²) in [6, 6.07) is 13.5. The summed E-state index contributed by atoms with van der Waals surface area (Å²) in [6.45, 7) is 2.46. The molecule has 5 rings (SSSR count). The highest BCUT2D eigenvalue weighted by molar-refractivity contribution is 6.30. The predicted octanol–water partition coefficient (Wildman–Crippen LogP) is 4.60. The number of hydrogen-bond donors (Lipinski definition) is 1. The van der Waals surface area contributed by atoms with Crippen LogP contribution in [0.25, 0.3) is 16.7 Å². The Bertz CT molecular complexity index is 1500. The van der Waals surface area contributed by atoms with Crippen LogP contribution >= 0.6 is 11.6 Å². The number of benzene rings is 1. The van der Waals surface area contributed by atoms with Gasteiger partial charge in [-0.2, -0.15) is 0 Å². The first-order chi connectivity index (χ1) is 17.8. The van der Waals surface area contributed by atoms with Gasteiger partial charge in [0.05, 0.1) is 33.0 Å². The predicted molar refractivity (Wildman–Crippen MR) is 147 cm³/mol. The summed E-state index contributed by atoms with van der Waals surface area (Å²) in [5.74, 6) is 1.02. The van der Waals surface area contributed by atoms with Crippen molar-refractivity contribution in [3.63, 3.8) is 0 Å². The first-order valence-corrected chi connectivity index (χ1v) is 13.0. The van der Waals surface area contributed by atoms with Crippen molar-refractivity contribution in [2.45, 2.75) is 45.2 Å². The maximum absolute atomic E-state index is 13.7. The molecular weight excluding hydrogens is 488 g/mol. The number of carbonyl (C=O) groups excluding carboxylic acids is 1. The summed E-state index contributed by atoms with van der Waals surface area (Å²) >= 11 is 6.04. The number of nitrogens with zero attached hydrogens (tertiary/aromatic N) is 5. The van der Waals surface area contributed by atoms with E-state index in [1.807, 2.05) is 66.9 Å². The van der Waals surface area contributed by atoms with Crippen LogP contribution in [-0.2, 0) is 6.54 Å². The van der Waals surface area contributed by atoms with Crippen molar-refractivity contribution in [1.82, 2.24) is 24.4 Å². The van der Waals surface area contributed by atoms with Crippen molar-refractivity contribution in [3.05, 3.63) is 81.6 Å².